The number of hydrogen-bond acceptors (Lipinski definition) is 4. The Labute approximate surface area is 173 Å². The van der Waals surface area contributed by atoms with Gasteiger partial charge in [-0.05, 0) is 53.6 Å². The molecular formula is C23H23N3O2S. The minimum atomic E-state index is -1.04. The molecule has 2 aromatic carbocycles. The zero-order chi connectivity index (χ0) is 20.0. The quantitative estimate of drug-likeness (QED) is 0.652. The maximum Gasteiger partial charge on any atom is 0.326 e. The van der Waals surface area contributed by atoms with Crippen LogP contribution in [0.4, 0.5) is 4.79 Å². The number of amides is 3. The lowest BCUT2D eigenvalue weighted by atomic mass is 9.90. The summed E-state index contributed by atoms with van der Waals surface area (Å²) in [7, 11) is 0. The van der Waals surface area contributed by atoms with Crippen LogP contribution in [0, 0.1) is 0 Å². The first kappa shape index (κ1) is 18.3. The highest BCUT2D eigenvalue weighted by Crippen LogP contribution is 2.36. The van der Waals surface area contributed by atoms with Gasteiger partial charge in [-0.1, -0.05) is 42.5 Å². The van der Waals surface area contributed by atoms with Gasteiger partial charge in [-0.25, -0.2) is 9.69 Å². The average molecular weight is 406 g/mol. The van der Waals surface area contributed by atoms with Crippen LogP contribution in [0.15, 0.2) is 60.0 Å². The number of nitrogens with one attached hydrogen (secondary N) is 1. The Hall–Kier alpha value is -2.70. The molecule has 6 heteroatoms. The molecule has 148 valence electrons. The molecule has 29 heavy (non-hydrogen) atoms. The van der Waals surface area contributed by atoms with Crippen LogP contribution >= 0.6 is 11.3 Å². The molecule has 1 N–H and O–H groups in total. The van der Waals surface area contributed by atoms with E-state index in [0.29, 0.717) is 6.67 Å². The van der Waals surface area contributed by atoms with Crippen LogP contribution in [-0.2, 0) is 10.3 Å². The van der Waals surface area contributed by atoms with E-state index in [2.05, 4.69) is 27.7 Å². The molecule has 2 unspecified atom stereocenters. The van der Waals surface area contributed by atoms with Crippen LogP contribution in [0.5, 0.6) is 0 Å². The summed E-state index contributed by atoms with van der Waals surface area (Å²) in [6.07, 6.45) is 2.14. The molecule has 3 amide bonds. The highest BCUT2D eigenvalue weighted by Gasteiger charge is 2.50. The third kappa shape index (κ3) is 3.03. The molecule has 2 atom stereocenters. The van der Waals surface area contributed by atoms with E-state index in [4.69, 9.17) is 0 Å². The molecule has 2 fully saturated rings. The Morgan fingerprint density at radius 3 is 2.72 bits per heavy atom. The zero-order valence-corrected chi connectivity index (χ0v) is 17.1. The van der Waals surface area contributed by atoms with Crippen molar-refractivity contribution in [1.29, 1.82) is 0 Å². The average Bonchev–Trinajstić information content (AvgIpc) is 3.45. The molecule has 3 aromatic rings. The highest BCUT2D eigenvalue weighted by atomic mass is 32.1. The lowest BCUT2D eigenvalue weighted by Crippen LogP contribution is -2.43. The van der Waals surface area contributed by atoms with Gasteiger partial charge in [-0.2, -0.15) is 0 Å². The summed E-state index contributed by atoms with van der Waals surface area (Å²) in [5, 5.41) is 7.20. The van der Waals surface area contributed by atoms with E-state index in [9.17, 15) is 9.59 Å². The first-order valence-corrected chi connectivity index (χ1v) is 10.8. The SMILES string of the molecule is CC1(c2ccc3ccccc3c2)NC(=O)N(CN2CCCC2c2cccs2)C1=O. The summed E-state index contributed by atoms with van der Waals surface area (Å²) in [4.78, 5) is 31.1. The number of carbonyl (C=O) groups excluding carboxylic acids is 2. The lowest BCUT2D eigenvalue weighted by Gasteiger charge is -2.28. The van der Waals surface area contributed by atoms with Gasteiger partial charge in [-0.3, -0.25) is 9.69 Å². The van der Waals surface area contributed by atoms with E-state index in [-0.39, 0.29) is 18.0 Å². The summed E-state index contributed by atoms with van der Waals surface area (Å²) in [6, 6.07) is 18.1. The van der Waals surface area contributed by atoms with Crippen LogP contribution in [0.25, 0.3) is 10.8 Å². The number of benzene rings is 2. The number of fused-ring (bicyclic) bond motifs is 1. The fourth-order valence-corrected chi connectivity index (χ4v) is 5.40. The maximum absolute atomic E-state index is 13.4. The number of hydrogen-bond donors (Lipinski definition) is 1. The second-order valence-electron chi connectivity index (χ2n) is 7.98. The molecule has 5 nitrogen and oxygen atoms in total. The van der Waals surface area contributed by atoms with Gasteiger partial charge in [0.05, 0.1) is 6.67 Å². The molecule has 3 heterocycles. The minimum absolute atomic E-state index is 0.186. The van der Waals surface area contributed by atoms with E-state index in [1.807, 2.05) is 42.5 Å². The van der Waals surface area contributed by atoms with E-state index >= 15 is 0 Å². The molecule has 5 rings (SSSR count). The van der Waals surface area contributed by atoms with Gasteiger partial charge in [0.25, 0.3) is 5.91 Å². The van der Waals surface area contributed by atoms with Gasteiger partial charge in [0.2, 0.25) is 0 Å². The Balaban J connectivity index is 1.41. The Morgan fingerprint density at radius 2 is 1.93 bits per heavy atom. The number of thiophene rings is 1. The number of likely N-dealkylation sites (tertiary alicyclic amines) is 1. The Kier molecular flexibility index (Phi) is 4.41. The van der Waals surface area contributed by atoms with Crippen molar-refractivity contribution >= 4 is 34.0 Å². The van der Waals surface area contributed by atoms with Crippen molar-refractivity contribution in [3.63, 3.8) is 0 Å². The van der Waals surface area contributed by atoms with Crippen molar-refractivity contribution in [2.75, 3.05) is 13.2 Å². The monoisotopic (exact) mass is 405 g/mol. The van der Waals surface area contributed by atoms with E-state index in [1.165, 1.54) is 9.78 Å². The summed E-state index contributed by atoms with van der Waals surface area (Å²) in [6.45, 7) is 3.03. The molecule has 2 aliphatic heterocycles. The smallest absolute Gasteiger partial charge is 0.319 e. The second kappa shape index (κ2) is 6.97. The molecule has 0 saturated carbocycles. The first-order chi connectivity index (χ1) is 14.1. The summed E-state index contributed by atoms with van der Waals surface area (Å²) in [5.74, 6) is -0.186. The first-order valence-electron chi connectivity index (χ1n) is 9.97. The van der Waals surface area contributed by atoms with Gasteiger partial charge in [-0.15, -0.1) is 11.3 Å². The maximum atomic E-state index is 13.4. The molecular weight excluding hydrogens is 382 g/mol. The molecule has 0 radical (unpaired) electrons. The van der Waals surface area contributed by atoms with E-state index < -0.39 is 5.54 Å². The summed E-state index contributed by atoms with van der Waals surface area (Å²) < 4.78 is 0. The minimum Gasteiger partial charge on any atom is -0.319 e. The lowest BCUT2D eigenvalue weighted by molar-refractivity contribution is -0.132. The van der Waals surface area contributed by atoms with Crippen molar-refractivity contribution in [2.24, 2.45) is 0 Å². The molecule has 0 spiro atoms. The van der Waals surface area contributed by atoms with Crippen LogP contribution in [0.2, 0.25) is 0 Å². The van der Waals surface area contributed by atoms with E-state index in [1.54, 1.807) is 18.3 Å². The fraction of sp³-hybridized carbons (Fsp3) is 0.304. The topological polar surface area (TPSA) is 52.7 Å². The normalized spacial score (nSPS) is 25.1. The number of carbonyl (C=O) groups is 2. The Morgan fingerprint density at radius 1 is 1.10 bits per heavy atom. The Bertz CT molecular complexity index is 1080. The number of urea groups is 1. The molecule has 2 saturated heterocycles. The zero-order valence-electron chi connectivity index (χ0n) is 16.3. The van der Waals surface area contributed by atoms with Crippen molar-refractivity contribution in [2.45, 2.75) is 31.3 Å². The van der Waals surface area contributed by atoms with Gasteiger partial charge >= 0.3 is 6.03 Å². The van der Waals surface area contributed by atoms with Gasteiger partial charge in [0.15, 0.2) is 0 Å². The number of imide groups is 1. The molecule has 0 bridgehead atoms. The van der Waals surface area contributed by atoms with Crippen molar-refractivity contribution < 1.29 is 9.59 Å². The standard InChI is InChI=1S/C23H23N3O2S/c1-23(18-11-10-16-6-2-3-7-17(16)14-18)21(27)26(22(28)24-23)15-25-12-4-8-19(25)20-9-5-13-29-20/h2-3,5-7,9-11,13-14,19H,4,8,12,15H2,1H3,(H,24,28). The summed E-state index contributed by atoms with van der Waals surface area (Å²) in [5.41, 5.74) is -0.229. The molecule has 0 aliphatic carbocycles. The van der Waals surface area contributed by atoms with Gasteiger partial charge in [0.1, 0.15) is 5.54 Å². The van der Waals surface area contributed by atoms with Crippen LogP contribution < -0.4 is 5.32 Å². The second-order valence-corrected chi connectivity index (χ2v) is 8.96. The number of nitrogens with zero attached hydrogens (tertiary/aromatic N) is 2. The van der Waals surface area contributed by atoms with Crippen LogP contribution in [-0.4, -0.2) is 35.0 Å². The largest absolute Gasteiger partial charge is 0.326 e. The van der Waals surface area contributed by atoms with Gasteiger partial charge < -0.3 is 5.32 Å². The van der Waals surface area contributed by atoms with Crippen molar-refractivity contribution in [3.05, 3.63) is 70.4 Å². The van der Waals surface area contributed by atoms with Crippen LogP contribution in [0.3, 0.4) is 0 Å². The third-order valence-corrected chi connectivity index (χ3v) is 7.13. The summed E-state index contributed by atoms with van der Waals surface area (Å²) >= 11 is 1.74. The predicted molar refractivity (Wildman–Crippen MR) is 115 cm³/mol. The van der Waals surface area contributed by atoms with E-state index in [0.717, 1.165) is 35.7 Å². The van der Waals surface area contributed by atoms with Crippen molar-refractivity contribution in [3.8, 4) is 0 Å². The number of rotatable bonds is 4. The van der Waals surface area contributed by atoms with Gasteiger partial charge in [0, 0.05) is 17.5 Å². The van der Waals surface area contributed by atoms with Crippen LogP contribution in [0.1, 0.15) is 36.2 Å². The highest BCUT2D eigenvalue weighted by molar-refractivity contribution is 7.10. The molecule has 1 aromatic heterocycles. The molecule has 2 aliphatic rings. The predicted octanol–water partition coefficient (Wildman–Crippen LogP) is 4.46. The third-order valence-electron chi connectivity index (χ3n) is 6.16. The van der Waals surface area contributed by atoms with Crippen molar-refractivity contribution in [1.82, 2.24) is 15.1 Å². The fourth-order valence-electron chi connectivity index (χ4n) is 4.50.